The highest BCUT2D eigenvalue weighted by molar-refractivity contribution is 6.17. The van der Waals surface area contributed by atoms with Gasteiger partial charge in [0, 0.05) is 19.1 Å². The summed E-state index contributed by atoms with van der Waals surface area (Å²) in [5, 5.41) is 0. The minimum Gasteiger partial charge on any atom is -0.465 e. The molecule has 0 N–H and O–H groups in total. The lowest BCUT2D eigenvalue weighted by Crippen LogP contribution is -2.50. The number of unbranched alkanes of at least 4 members (excludes halogenated alkanes) is 2. The van der Waals surface area contributed by atoms with Gasteiger partial charge >= 0.3 is 5.97 Å². The average Bonchev–Trinajstić information content (AvgIpc) is 2.52. The molecule has 0 aromatic heterocycles. The maximum Gasteiger partial charge on any atom is 0.312 e. The number of hydrogen-bond acceptors (Lipinski definition) is 3. The molecule has 3 nitrogen and oxygen atoms in total. The van der Waals surface area contributed by atoms with Gasteiger partial charge in [-0.25, -0.2) is 0 Å². The van der Waals surface area contributed by atoms with Gasteiger partial charge in [0.25, 0.3) is 0 Å². The fourth-order valence-corrected chi connectivity index (χ4v) is 5.57. The van der Waals surface area contributed by atoms with Crippen molar-refractivity contribution in [2.24, 2.45) is 23.2 Å². The van der Waals surface area contributed by atoms with Crippen molar-refractivity contribution in [1.29, 1.82) is 0 Å². The van der Waals surface area contributed by atoms with E-state index in [9.17, 15) is 4.79 Å². The number of hydrogen-bond donors (Lipinski definition) is 0. The highest BCUT2D eigenvalue weighted by Gasteiger charge is 2.55. The lowest BCUT2D eigenvalue weighted by Gasteiger charge is -2.55. The Balaban J connectivity index is 1.30. The van der Waals surface area contributed by atoms with Gasteiger partial charge in [0.05, 0.1) is 12.0 Å². The van der Waals surface area contributed by atoms with E-state index in [1.165, 1.54) is 19.3 Å². The molecule has 4 rings (SSSR count). The second-order valence-electron chi connectivity index (χ2n) is 8.05. The molecule has 0 saturated heterocycles. The van der Waals surface area contributed by atoms with Crippen LogP contribution in [0.3, 0.4) is 0 Å². The Kier molecular flexibility index (Phi) is 6.25. The van der Waals surface area contributed by atoms with Crippen LogP contribution in [0.5, 0.6) is 0 Å². The molecular formula is C19H31ClO3. The van der Waals surface area contributed by atoms with Gasteiger partial charge in [0.1, 0.15) is 0 Å². The minimum atomic E-state index is -0.104. The predicted molar refractivity (Wildman–Crippen MR) is 91.6 cm³/mol. The molecule has 23 heavy (non-hydrogen) atoms. The summed E-state index contributed by atoms with van der Waals surface area (Å²) in [5.41, 5.74) is -0.104. The van der Waals surface area contributed by atoms with E-state index < -0.39 is 0 Å². The quantitative estimate of drug-likeness (QED) is 0.331. The predicted octanol–water partition coefficient (Wildman–Crippen LogP) is 4.56. The fourth-order valence-electron chi connectivity index (χ4n) is 5.39. The molecule has 0 aromatic carbocycles. The van der Waals surface area contributed by atoms with E-state index in [4.69, 9.17) is 21.1 Å². The van der Waals surface area contributed by atoms with Crippen LogP contribution in [-0.2, 0) is 14.3 Å². The molecule has 132 valence electrons. The second-order valence-corrected chi connectivity index (χ2v) is 8.43. The normalized spacial score (nSPS) is 34.7. The number of carbonyl (C=O) groups is 1. The second kappa shape index (κ2) is 8.20. The van der Waals surface area contributed by atoms with Crippen molar-refractivity contribution in [2.45, 2.75) is 64.2 Å². The van der Waals surface area contributed by atoms with Gasteiger partial charge in [0.15, 0.2) is 0 Å². The lowest BCUT2D eigenvalue weighted by molar-refractivity contribution is -0.171. The van der Waals surface area contributed by atoms with Crippen LogP contribution in [0, 0.1) is 23.2 Å². The van der Waals surface area contributed by atoms with Gasteiger partial charge in [0.2, 0.25) is 0 Å². The molecule has 4 aliphatic rings. The minimum absolute atomic E-state index is 0.104. The highest BCUT2D eigenvalue weighted by atomic mass is 35.5. The van der Waals surface area contributed by atoms with E-state index in [1.807, 2.05) is 0 Å². The van der Waals surface area contributed by atoms with Crippen molar-refractivity contribution in [3.8, 4) is 0 Å². The molecule has 0 amide bonds. The standard InChI is InChI=1S/C19H31ClO3/c20-5-1-2-6-22-7-3-4-8-23-18(21)19-12-15-9-16(13-19)11-17(10-15)14-19/h15-17H,1-14H2. The van der Waals surface area contributed by atoms with Crippen LogP contribution in [0.25, 0.3) is 0 Å². The van der Waals surface area contributed by atoms with Gasteiger partial charge in [-0.2, -0.15) is 0 Å². The summed E-state index contributed by atoms with van der Waals surface area (Å²) < 4.78 is 11.2. The van der Waals surface area contributed by atoms with Crippen LogP contribution in [0.1, 0.15) is 64.2 Å². The topological polar surface area (TPSA) is 35.5 Å². The summed E-state index contributed by atoms with van der Waals surface area (Å²) in [7, 11) is 0. The Morgan fingerprint density at radius 1 is 0.870 bits per heavy atom. The molecule has 0 heterocycles. The van der Waals surface area contributed by atoms with Crippen molar-refractivity contribution in [2.75, 3.05) is 25.7 Å². The fraction of sp³-hybridized carbons (Fsp3) is 0.947. The molecule has 0 aromatic rings. The third-order valence-electron chi connectivity index (χ3n) is 6.06. The van der Waals surface area contributed by atoms with Gasteiger partial charge < -0.3 is 9.47 Å². The monoisotopic (exact) mass is 342 g/mol. The van der Waals surface area contributed by atoms with Crippen molar-refractivity contribution in [3.05, 3.63) is 0 Å². The Bertz CT molecular complexity index is 361. The molecule has 4 fully saturated rings. The van der Waals surface area contributed by atoms with Crippen molar-refractivity contribution < 1.29 is 14.3 Å². The third kappa shape index (κ3) is 4.42. The zero-order valence-corrected chi connectivity index (χ0v) is 15.0. The van der Waals surface area contributed by atoms with E-state index in [2.05, 4.69) is 0 Å². The zero-order chi connectivity index (χ0) is 16.1. The smallest absolute Gasteiger partial charge is 0.312 e. The van der Waals surface area contributed by atoms with Crippen LogP contribution in [-0.4, -0.2) is 31.7 Å². The Hall–Kier alpha value is -0.280. The van der Waals surface area contributed by atoms with Crippen molar-refractivity contribution in [1.82, 2.24) is 0 Å². The van der Waals surface area contributed by atoms with E-state index in [0.29, 0.717) is 12.5 Å². The summed E-state index contributed by atoms with van der Waals surface area (Å²) in [4.78, 5) is 12.6. The average molecular weight is 343 g/mol. The summed E-state index contributed by atoms with van der Waals surface area (Å²) in [5.74, 6) is 3.23. The van der Waals surface area contributed by atoms with Crippen molar-refractivity contribution >= 4 is 17.6 Å². The number of alkyl halides is 1. The Morgan fingerprint density at radius 2 is 1.39 bits per heavy atom. The summed E-state index contributed by atoms with van der Waals surface area (Å²) in [6.45, 7) is 2.11. The van der Waals surface area contributed by atoms with Gasteiger partial charge in [-0.1, -0.05) is 0 Å². The number of carbonyl (C=O) groups excluding carboxylic acids is 1. The summed E-state index contributed by atoms with van der Waals surface area (Å²) in [6.07, 6.45) is 11.3. The lowest BCUT2D eigenvalue weighted by atomic mass is 9.49. The summed E-state index contributed by atoms with van der Waals surface area (Å²) >= 11 is 5.62. The molecule has 0 aliphatic heterocycles. The molecular weight excluding hydrogens is 312 g/mol. The molecule has 0 atom stereocenters. The first-order valence-corrected chi connectivity index (χ1v) is 10.1. The van der Waals surface area contributed by atoms with Crippen LogP contribution in [0.2, 0.25) is 0 Å². The molecule has 0 spiro atoms. The van der Waals surface area contributed by atoms with Gasteiger partial charge in [-0.15, -0.1) is 11.6 Å². The third-order valence-corrected chi connectivity index (χ3v) is 6.33. The molecule has 4 saturated carbocycles. The SMILES string of the molecule is O=C(OCCCCOCCCCCl)C12CC3CC(CC(C3)C1)C2. The van der Waals surface area contributed by atoms with Gasteiger partial charge in [-0.05, 0) is 82.0 Å². The molecule has 4 heteroatoms. The molecule has 0 radical (unpaired) electrons. The van der Waals surface area contributed by atoms with E-state index in [1.54, 1.807) is 0 Å². The number of halogens is 1. The molecule has 0 unspecified atom stereocenters. The zero-order valence-electron chi connectivity index (χ0n) is 14.2. The van der Waals surface area contributed by atoms with Crippen LogP contribution in [0.4, 0.5) is 0 Å². The number of rotatable bonds is 10. The maximum atomic E-state index is 12.6. The highest BCUT2D eigenvalue weighted by Crippen LogP contribution is 2.60. The van der Waals surface area contributed by atoms with Crippen LogP contribution in [0.15, 0.2) is 0 Å². The molecule has 4 bridgehead atoms. The van der Waals surface area contributed by atoms with E-state index >= 15 is 0 Å². The van der Waals surface area contributed by atoms with Crippen LogP contribution < -0.4 is 0 Å². The van der Waals surface area contributed by atoms with Crippen molar-refractivity contribution in [3.63, 3.8) is 0 Å². The summed E-state index contributed by atoms with van der Waals surface area (Å²) in [6, 6.07) is 0. The maximum absolute atomic E-state index is 12.6. The number of ether oxygens (including phenoxy) is 2. The van der Waals surface area contributed by atoms with E-state index in [0.717, 1.165) is 75.9 Å². The van der Waals surface area contributed by atoms with Crippen LogP contribution >= 0.6 is 11.6 Å². The first-order valence-electron chi connectivity index (χ1n) is 9.53. The largest absolute Gasteiger partial charge is 0.465 e. The molecule has 4 aliphatic carbocycles. The first-order chi connectivity index (χ1) is 11.2. The van der Waals surface area contributed by atoms with E-state index in [-0.39, 0.29) is 11.4 Å². The Labute approximate surface area is 145 Å². The number of esters is 1. The van der Waals surface area contributed by atoms with Gasteiger partial charge in [-0.3, -0.25) is 4.79 Å². The Morgan fingerprint density at radius 3 is 1.96 bits per heavy atom. The first kappa shape index (κ1) is 17.5.